The molecule has 152 valence electrons. The van der Waals surface area contributed by atoms with Gasteiger partial charge in [-0.05, 0) is 61.6 Å². The van der Waals surface area contributed by atoms with Crippen LogP contribution in [0, 0.1) is 17.8 Å². The SMILES string of the molecule is Cn1ncc2cc(NCCC3C[C@@H]3C3CCN(c4ncc(Cl)cn4)CC3)ccc21. The molecule has 2 fully saturated rings. The van der Waals surface area contributed by atoms with Gasteiger partial charge in [0, 0.05) is 37.8 Å². The lowest BCUT2D eigenvalue weighted by atomic mass is 9.90. The number of hydrogen-bond acceptors (Lipinski definition) is 5. The highest BCUT2D eigenvalue weighted by Crippen LogP contribution is 2.49. The largest absolute Gasteiger partial charge is 0.385 e. The van der Waals surface area contributed by atoms with E-state index in [4.69, 9.17) is 11.6 Å². The molecule has 1 saturated heterocycles. The second-order valence-electron chi connectivity index (χ2n) is 8.44. The first-order valence-corrected chi connectivity index (χ1v) is 10.9. The van der Waals surface area contributed by atoms with Crippen LogP contribution in [0.5, 0.6) is 0 Å². The van der Waals surface area contributed by atoms with E-state index in [2.05, 4.69) is 43.5 Å². The minimum absolute atomic E-state index is 0.596. The van der Waals surface area contributed by atoms with Gasteiger partial charge in [0.25, 0.3) is 0 Å². The van der Waals surface area contributed by atoms with Crippen molar-refractivity contribution in [1.82, 2.24) is 19.7 Å². The van der Waals surface area contributed by atoms with Crippen molar-refractivity contribution in [2.45, 2.75) is 25.7 Å². The predicted molar refractivity (Wildman–Crippen MR) is 117 cm³/mol. The molecular formula is C22H27ClN6. The fourth-order valence-corrected chi connectivity index (χ4v) is 4.95. The normalized spacial score (nSPS) is 22.2. The molecule has 3 aromatic rings. The first-order valence-electron chi connectivity index (χ1n) is 10.6. The first kappa shape index (κ1) is 18.7. The van der Waals surface area contributed by atoms with Gasteiger partial charge in [-0.1, -0.05) is 11.6 Å². The Hall–Kier alpha value is -2.34. The number of benzene rings is 1. The highest BCUT2D eigenvalue weighted by atomic mass is 35.5. The molecule has 7 heteroatoms. The Morgan fingerprint density at radius 3 is 2.72 bits per heavy atom. The Morgan fingerprint density at radius 1 is 1.14 bits per heavy atom. The van der Waals surface area contributed by atoms with Gasteiger partial charge in [0.05, 0.1) is 29.1 Å². The molecule has 1 unspecified atom stereocenters. The number of rotatable bonds is 6. The van der Waals surface area contributed by atoms with Crippen LogP contribution < -0.4 is 10.2 Å². The molecule has 0 radical (unpaired) electrons. The Morgan fingerprint density at radius 2 is 1.93 bits per heavy atom. The van der Waals surface area contributed by atoms with Crippen molar-refractivity contribution >= 4 is 34.1 Å². The Kier molecular flexibility index (Phi) is 5.04. The van der Waals surface area contributed by atoms with E-state index in [1.54, 1.807) is 12.4 Å². The van der Waals surface area contributed by atoms with Gasteiger partial charge in [-0.15, -0.1) is 0 Å². The first-order chi connectivity index (χ1) is 14.2. The summed E-state index contributed by atoms with van der Waals surface area (Å²) in [5, 5.41) is 9.71. The number of fused-ring (bicyclic) bond motifs is 1. The lowest BCUT2D eigenvalue weighted by Gasteiger charge is -2.32. The van der Waals surface area contributed by atoms with E-state index < -0.39 is 0 Å². The zero-order valence-electron chi connectivity index (χ0n) is 16.8. The third-order valence-electron chi connectivity index (χ3n) is 6.60. The average molecular weight is 411 g/mol. The molecular weight excluding hydrogens is 384 g/mol. The van der Waals surface area contributed by atoms with Gasteiger partial charge in [-0.2, -0.15) is 5.10 Å². The predicted octanol–water partition coefficient (Wildman–Crippen LogP) is 4.37. The molecule has 2 aliphatic rings. The van der Waals surface area contributed by atoms with Crippen molar-refractivity contribution in [2.75, 3.05) is 29.9 Å². The molecule has 1 aromatic carbocycles. The molecule has 0 amide bonds. The smallest absolute Gasteiger partial charge is 0.225 e. The van der Waals surface area contributed by atoms with Crippen LogP contribution in [0.4, 0.5) is 11.6 Å². The fourth-order valence-electron chi connectivity index (χ4n) is 4.85. The quantitative estimate of drug-likeness (QED) is 0.653. The van der Waals surface area contributed by atoms with Crippen molar-refractivity contribution in [3.8, 4) is 0 Å². The summed E-state index contributed by atoms with van der Waals surface area (Å²) in [5.41, 5.74) is 2.37. The van der Waals surface area contributed by atoms with Crippen LogP contribution in [0.3, 0.4) is 0 Å². The summed E-state index contributed by atoms with van der Waals surface area (Å²) in [4.78, 5) is 11.0. The van der Waals surface area contributed by atoms with E-state index in [9.17, 15) is 0 Å². The monoisotopic (exact) mass is 410 g/mol. The molecule has 2 aromatic heterocycles. The molecule has 1 aliphatic carbocycles. The molecule has 29 heavy (non-hydrogen) atoms. The molecule has 5 rings (SSSR count). The van der Waals surface area contributed by atoms with Gasteiger partial charge in [-0.25, -0.2) is 9.97 Å². The molecule has 6 nitrogen and oxygen atoms in total. The summed E-state index contributed by atoms with van der Waals surface area (Å²) in [6.07, 6.45) is 10.5. The number of anilines is 2. The number of aryl methyl sites for hydroxylation is 1. The van der Waals surface area contributed by atoms with Gasteiger partial charge in [0.2, 0.25) is 5.95 Å². The fraction of sp³-hybridized carbons (Fsp3) is 0.500. The molecule has 1 saturated carbocycles. The van der Waals surface area contributed by atoms with Gasteiger partial charge in [0.1, 0.15) is 0 Å². The van der Waals surface area contributed by atoms with Crippen LogP contribution in [0.25, 0.3) is 10.9 Å². The standard InChI is InChI=1S/C22H27ClN6/c1-28-21-3-2-19(10-17(21)12-27-28)24-7-4-16-11-20(16)15-5-8-29(9-6-15)22-25-13-18(23)14-26-22/h2-3,10,12-16,20,24H,4-9,11H2,1H3/t16?,20-/m1/s1. The van der Waals surface area contributed by atoms with Crippen LogP contribution >= 0.6 is 11.6 Å². The van der Waals surface area contributed by atoms with E-state index >= 15 is 0 Å². The molecule has 1 aliphatic heterocycles. The number of hydrogen-bond donors (Lipinski definition) is 1. The van der Waals surface area contributed by atoms with Crippen molar-refractivity contribution in [2.24, 2.45) is 24.8 Å². The van der Waals surface area contributed by atoms with Crippen LogP contribution in [0.2, 0.25) is 5.02 Å². The van der Waals surface area contributed by atoms with Crippen LogP contribution in [0.15, 0.2) is 36.8 Å². The van der Waals surface area contributed by atoms with Crippen LogP contribution in [0.1, 0.15) is 25.7 Å². The van der Waals surface area contributed by atoms with Crippen molar-refractivity contribution in [3.63, 3.8) is 0 Å². The number of aromatic nitrogens is 4. The molecule has 0 spiro atoms. The summed E-state index contributed by atoms with van der Waals surface area (Å²) in [6.45, 7) is 3.15. The third kappa shape index (κ3) is 4.04. The van der Waals surface area contributed by atoms with Gasteiger partial charge >= 0.3 is 0 Å². The lowest BCUT2D eigenvalue weighted by Crippen LogP contribution is -2.35. The van der Waals surface area contributed by atoms with E-state index in [1.165, 1.54) is 42.3 Å². The Bertz CT molecular complexity index is 977. The van der Waals surface area contributed by atoms with Gasteiger partial charge in [0.15, 0.2) is 0 Å². The van der Waals surface area contributed by atoms with E-state index in [0.717, 1.165) is 43.3 Å². The molecule has 1 N–H and O–H groups in total. The van der Waals surface area contributed by atoms with Crippen LogP contribution in [-0.2, 0) is 7.05 Å². The van der Waals surface area contributed by atoms with Gasteiger partial charge in [-0.3, -0.25) is 4.68 Å². The van der Waals surface area contributed by atoms with E-state index in [1.807, 2.05) is 17.9 Å². The number of nitrogens with zero attached hydrogens (tertiary/aromatic N) is 5. The minimum Gasteiger partial charge on any atom is -0.385 e. The van der Waals surface area contributed by atoms with Crippen molar-refractivity contribution in [3.05, 3.63) is 41.8 Å². The minimum atomic E-state index is 0.596. The maximum Gasteiger partial charge on any atom is 0.225 e. The maximum absolute atomic E-state index is 5.89. The summed E-state index contributed by atoms with van der Waals surface area (Å²) < 4.78 is 1.91. The van der Waals surface area contributed by atoms with Crippen LogP contribution in [-0.4, -0.2) is 39.4 Å². The average Bonchev–Trinajstić information content (AvgIpc) is 3.43. The zero-order valence-corrected chi connectivity index (χ0v) is 17.5. The second kappa shape index (κ2) is 7.82. The molecule has 3 heterocycles. The third-order valence-corrected chi connectivity index (χ3v) is 6.80. The second-order valence-corrected chi connectivity index (χ2v) is 8.88. The Balaban J connectivity index is 1.06. The van der Waals surface area contributed by atoms with E-state index in [0.29, 0.717) is 5.02 Å². The number of nitrogens with one attached hydrogen (secondary N) is 1. The summed E-state index contributed by atoms with van der Waals surface area (Å²) in [5.74, 6) is 3.46. The van der Waals surface area contributed by atoms with Crippen molar-refractivity contribution in [1.29, 1.82) is 0 Å². The molecule has 0 bridgehead atoms. The van der Waals surface area contributed by atoms with E-state index in [-0.39, 0.29) is 0 Å². The highest BCUT2D eigenvalue weighted by Gasteiger charge is 2.43. The summed E-state index contributed by atoms with van der Waals surface area (Å²) in [6, 6.07) is 6.49. The van der Waals surface area contributed by atoms with Crippen molar-refractivity contribution < 1.29 is 0 Å². The Labute approximate surface area is 176 Å². The highest BCUT2D eigenvalue weighted by molar-refractivity contribution is 6.30. The maximum atomic E-state index is 5.89. The number of halogens is 1. The van der Waals surface area contributed by atoms with Gasteiger partial charge < -0.3 is 10.2 Å². The topological polar surface area (TPSA) is 58.9 Å². The zero-order chi connectivity index (χ0) is 19.8. The summed E-state index contributed by atoms with van der Waals surface area (Å²) >= 11 is 5.89. The summed E-state index contributed by atoms with van der Waals surface area (Å²) in [7, 11) is 1.98. The number of piperidine rings is 1. The molecule has 2 atom stereocenters. The lowest BCUT2D eigenvalue weighted by molar-refractivity contribution is 0.343.